The molecule has 28 heavy (non-hydrogen) atoms. The fourth-order valence-electron chi connectivity index (χ4n) is 2.43. The van der Waals surface area contributed by atoms with Gasteiger partial charge >= 0.3 is 5.97 Å². The average molecular weight is 427 g/mol. The number of amides is 1. The second kappa shape index (κ2) is 9.86. The molecule has 1 aliphatic carbocycles. The van der Waals surface area contributed by atoms with Gasteiger partial charge in [-0.3, -0.25) is 9.59 Å². The maximum atomic E-state index is 12.1. The summed E-state index contributed by atoms with van der Waals surface area (Å²) in [5.74, 6) is -0.885. The zero-order valence-electron chi connectivity index (χ0n) is 15.7. The number of anilines is 1. The monoisotopic (exact) mass is 426 g/mol. The molecular formula is C19H23ClN2O5S. The second-order valence-electron chi connectivity index (χ2n) is 6.45. The van der Waals surface area contributed by atoms with Crippen LogP contribution < -0.4 is 10.0 Å². The van der Waals surface area contributed by atoms with Crippen LogP contribution in [-0.4, -0.2) is 33.4 Å². The number of benzene rings is 1. The first-order chi connectivity index (χ1) is 13.2. The van der Waals surface area contributed by atoms with Gasteiger partial charge in [0, 0.05) is 17.3 Å². The molecule has 1 aromatic rings. The number of halogens is 1. The Morgan fingerprint density at radius 1 is 1.32 bits per heavy atom. The van der Waals surface area contributed by atoms with Gasteiger partial charge in [-0.05, 0) is 43.0 Å². The minimum atomic E-state index is -3.66. The van der Waals surface area contributed by atoms with Crippen LogP contribution in [0.15, 0.2) is 41.3 Å². The fraction of sp³-hybridized carbons (Fsp3) is 0.368. The van der Waals surface area contributed by atoms with Crippen molar-refractivity contribution in [3.05, 3.63) is 51.9 Å². The van der Waals surface area contributed by atoms with Crippen LogP contribution in [0, 0.1) is 12.8 Å². The Hall–Kier alpha value is -2.16. The normalized spacial score (nSPS) is 16.4. The number of rotatable bonds is 8. The fourth-order valence-corrected chi connectivity index (χ4v) is 3.71. The maximum absolute atomic E-state index is 12.1. The van der Waals surface area contributed by atoms with Crippen LogP contribution in [-0.2, 0) is 24.3 Å². The lowest BCUT2D eigenvalue weighted by molar-refractivity contribution is -0.147. The molecule has 0 bridgehead atoms. The third-order valence-electron chi connectivity index (χ3n) is 4.12. The van der Waals surface area contributed by atoms with Crippen LogP contribution >= 0.6 is 11.6 Å². The van der Waals surface area contributed by atoms with Crippen LogP contribution in [0.2, 0.25) is 5.02 Å². The van der Waals surface area contributed by atoms with E-state index < -0.39 is 28.5 Å². The van der Waals surface area contributed by atoms with E-state index >= 15 is 0 Å². The highest BCUT2D eigenvalue weighted by molar-refractivity contribution is 7.93. The van der Waals surface area contributed by atoms with Gasteiger partial charge in [-0.2, -0.15) is 0 Å². The first-order valence-electron chi connectivity index (χ1n) is 8.77. The molecule has 0 fully saturated rings. The van der Waals surface area contributed by atoms with Gasteiger partial charge in [0.05, 0.1) is 11.3 Å². The Labute approximate surface area is 169 Å². The molecule has 0 saturated carbocycles. The van der Waals surface area contributed by atoms with Crippen LogP contribution in [0.3, 0.4) is 0 Å². The number of ether oxygens (including phenoxy) is 1. The van der Waals surface area contributed by atoms with Crippen molar-refractivity contribution in [2.24, 2.45) is 5.92 Å². The van der Waals surface area contributed by atoms with E-state index in [1.165, 1.54) is 0 Å². The molecule has 0 aromatic heterocycles. The number of sulfonamides is 1. The summed E-state index contributed by atoms with van der Waals surface area (Å²) < 4.78 is 31.5. The zero-order chi connectivity index (χ0) is 20.7. The molecule has 7 nitrogen and oxygen atoms in total. The van der Waals surface area contributed by atoms with Crippen molar-refractivity contribution < 1.29 is 22.7 Å². The van der Waals surface area contributed by atoms with E-state index in [9.17, 15) is 18.0 Å². The molecule has 9 heteroatoms. The van der Waals surface area contributed by atoms with Gasteiger partial charge in [-0.15, -0.1) is 0 Å². The van der Waals surface area contributed by atoms with Crippen molar-refractivity contribution in [1.82, 2.24) is 4.72 Å². The summed E-state index contributed by atoms with van der Waals surface area (Å²) >= 11 is 5.98. The molecule has 0 saturated heterocycles. The maximum Gasteiger partial charge on any atom is 0.307 e. The van der Waals surface area contributed by atoms with Crippen molar-refractivity contribution >= 4 is 39.2 Å². The van der Waals surface area contributed by atoms with Crippen molar-refractivity contribution in [3.8, 4) is 0 Å². The van der Waals surface area contributed by atoms with Gasteiger partial charge in [-0.1, -0.05) is 36.7 Å². The molecule has 1 aromatic carbocycles. The predicted molar refractivity (Wildman–Crippen MR) is 108 cm³/mol. The molecule has 1 aliphatic rings. The van der Waals surface area contributed by atoms with Crippen molar-refractivity contribution in [3.63, 3.8) is 0 Å². The van der Waals surface area contributed by atoms with Gasteiger partial charge in [0.15, 0.2) is 6.61 Å². The summed E-state index contributed by atoms with van der Waals surface area (Å²) in [4.78, 5) is 23.8. The summed E-state index contributed by atoms with van der Waals surface area (Å²) in [7, 11) is -3.66. The third kappa shape index (κ3) is 6.47. The van der Waals surface area contributed by atoms with E-state index in [-0.39, 0.29) is 17.9 Å². The lowest BCUT2D eigenvalue weighted by Gasteiger charge is -2.13. The molecule has 2 N–H and O–H groups in total. The highest BCUT2D eigenvalue weighted by Crippen LogP contribution is 2.22. The minimum absolute atomic E-state index is 0.114. The van der Waals surface area contributed by atoms with Crippen molar-refractivity contribution in [2.75, 3.05) is 18.5 Å². The number of esters is 1. The van der Waals surface area contributed by atoms with Crippen molar-refractivity contribution in [2.45, 2.75) is 26.7 Å². The predicted octanol–water partition coefficient (Wildman–Crippen LogP) is 2.92. The molecule has 2 rings (SSSR count). The Kier molecular flexibility index (Phi) is 7.79. The number of carbonyl (C=O) groups is 2. The largest absolute Gasteiger partial charge is 0.456 e. The molecular weight excluding hydrogens is 404 g/mol. The lowest BCUT2D eigenvalue weighted by atomic mass is 10.0. The quantitative estimate of drug-likeness (QED) is 0.622. The Morgan fingerprint density at radius 3 is 2.75 bits per heavy atom. The number of allylic oxidation sites excluding steroid dienone is 3. The highest BCUT2D eigenvalue weighted by atomic mass is 35.5. The lowest BCUT2D eigenvalue weighted by Crippen LogP contribution is -2.29. The average Bonchev–Trinajstić information content (AvgIpc) is 2.64. The smallest absolute Gasteiger partial charge is 0.307 e. The van der Waals surface area contributed by atoms with Crippen LogP contribution in [0.25, 0.3) is 0 Å². The van der Waals surface area contributed by atoms with Crippen molar-refractivity contribution in [1.29, 1.82) is 0 Å². The molecule has 1 amide bonds. The number of hydrogen-bond donors (Lipinski definition) is 2. The molecule has 1 atom stereocenters. The van der Waals surface area contributed by atoms with Gasteiger partial charge in [0.25, 0.3) is 5.91 Å². The van der Waals surface area contributed by atoms with Crippen LogP contribution in [0.4, 0.5) is 5.69 Å². The summed E-state index contributed by atoms with van der Waals surface area (Å²) in [6.07, 6.45) is 5.49. The highest BCUT2D eigenvalue weighted by Gasteiger charge is 2.18. The van der Waals surface area contributed by atoms with Gasteiger partial charge in [0.2, 0.25) is 10.0 Å². The number of nitrogens with one attached hydrogen (secondary N) is 2. The Balaban J connectivity index is 1.73. The molecule has 0 aliphatic heterocycles. The first kappa shape index (κ1) is 22.1. The zero-order valence-corrected chi connectivity index (χ0v) is 17.3. The molecule has 0 heterocycles. The van der Waals surface area contributed by atoms with Gasteiger partial charge in [0.1, 0.15) is 0 Å². The van der Waals surface area contributed by atoms with E-state index in [1.807, 2.05) is 13.0 Å². The van der Waals surface area contributed by atoms with E-state index in [4.69, 9.17) is 16.3 Å². The summed E-state index contributed by atoms with van der Waals surface area (Å²) in [6, 6.07) is 5.08. The molecule has 1 unspecified atom stereocenters. The second-order valence-corrected chi connectivity index (χ2v) is 8.62. The standard InChI is InChI=1S/C19H23ClN2O5S/c1-13-6-8-15(9-7-13)28(25,26)21-11-10-19(24)27-12-18(23)22-17-5-3-4-16(20)14(17)2/h3-6,8-9,13,21H,7,10-12H2,1-2H3,(H,22,23). The topological polar surface area (TPSA) is 102 Å². The Morgan fingerprint density at radius 2 is 2.07 bits per heavy atom. The van der Waals surface area contributed by atoms with E-state index in [0.29, 0.717) is 28.6 Å². The number of carbonyl (C=O) groups excluding carboxylic acids is 2. The summed E-state index contributed by atoms with van der Waals surface area (Å²) in [5.41, 5.74) is 1.24. The third-order valence-corrected chi connectivity index (χ3v) is 6.03. The molecule has 0 spiro atoms. The van der Waals surface area contributed by atoms with Crippen LogP contribution in [0.5, 0.6) is 0 Å². The molecule has 152 valence electrons. The minimum Gasteiger partial charge on any atom is -0.456 e. The van der Waals surface area contributed by atoms with Gasteiger partial charge < -0.3 is 10.1 Å². The van der Waals surface area contributed by atoms with Crippen LogP contribution in [0.1, 0.15) is 25.3 Å². The first-order valence-corrected chi connectivity index (χ1v) is 10.6. The Bertz CT molecular complexity index is 909. The van der Waals surface area contributed by atoms with E-state index in [1.54, 1.807) is 37.3 Å². The van der Waals surface area contributed by atoms with E-state index in [0.717, 1.165) is 0 Å². The molecule has 0 radical (unpaired) electrons. The summed E-state index contributed by atoms with van der Waals surface area (Å²) in [6.45, 7) is 3.16. The summed E-state index contributed by atoms with van der Waals surface area (Å²) in [5, 5.41) is 3.12. The van der Waals surface area contributed by atoms with E-state index in [2.05, 4.69) is 10.0 Å². The van der Waals surface area contributed by atoms with Gasteiger partial charge in [-0.25, -0.2) is 13.1 Å². The number of hydrogen-bond acceptors (Lipinski definition) is 5. The SMILES string of the molecule is Cc1c(Cl)cccc1NC(=O)COC(=O)CCNS(=O)(=O)C1=CCC(C)C=C1.